The average Bonchev–Trinajstić information content (AvgIpc) is 2.79. The highest BCUT2D eigenvalue weighted by Crippen LogP contribution is 2.21. The Hall–Kier alpha value is -2.40. The van der Waals surface area contributed by atoms with Gasteiger partial charge in [0.2, 0.25) is 0 Å². The number of fused-ring (bicyclic) bond motifs is 1. The van der Waals surface area contributed by atoms with Crippen LogP contribution in [0.15, 0.2) is 39.7 Å². The summed E-state index contributed by atoms with van der Waals surface area (Å²) in [6.07, 6.45) is 1.43. The van der Waals surface area contributed by atoms with Gasteiger partial charge in [-0.15, -0.1) is 0 Å². The standard InChI is InChI=1S/C15H11ClN2O3/c1-8-4-3-5-11-12(8)18(15(20)21-11)14(19)10-6-7-17-13(16)9(10)2/h3-7H,1-2H3. The summed E-state index contributed by atoms with van der Waals surface area (Å²) in [5.74, 6) is -1.19. The summed E-state index contributed by atoms with van der Waals surface area (Å²) >= 11 is 5.93. The number of aryl methyl sites for hydroxylation is 1. The second kappa shape index (κ2) is 4.86. The summed E-state index contributed by atoms with van der Waals surface area (Å²) in [5.41, 5.74) is 2.48. The Balaban J connectivity index is 2.30. The maximum Gasteiger partial charge on any atom is 0.427 e. The van der Waals surface area contributed by atoms with E-state index in [2.05, 4.69) is 4.98 Å². The zero-order valence-electron chi connectivity index (χ0n) is 11.4. The van der Waals surface area contributed by atoms with Gasteiger partial charge in [-0.2, -0.15) is 0 Å². The molecule has 0 bridgehead atoms. The molecule has 21 heavy (non-hydrogen) atoms. The first-order valence-electron chi connectivity index (χ1n) is 6.27. The smallest absolute Gasteiger partial charge is 0.407 e. The van der Waals surface area contributed by atoms with Crippen molar-refractivity contribution < 1.29 is 9.21 Å². The number of aromatic nitrogens is 2. The molecule has 0 fully saturated rings. The van der Waals surface area contributed by atoms with E-state index in [1.54, 1.807) is 19.1 Å². The van der Waals surface area contributed by atoms with Crippen LogP contribution < -0.4 is 5.76 Å². The number of pyridine rings is 1. The minimum atomic E-state index is -0.711. The third-order valence-corrected chi connectivity index (χ3v) is 3.76. The first kappa shape index (κ1) is 13.6. The number of benzene rings is 1. The number of carbonyl (C=O) groups excluding carboxylic acids is 1. The molecule has 5 nitrogen and oxygen atoms in total. The predicted octanol–water partition coefficient (Wildman–Crippen LogP) is 2.95. The van der Waals surface area contributed by atoms with Crippen molar-refractivity contribution in [1.29, 1.82) is 0 Å². The number of carbonyl (C=O) groups is 1. The van der Waals surface area contributed by atoms with Crippen molar-refractivity contribution in [3.63, 3.8) is 0 Å². The average molecular weight is 303 g/mol. The molecule has 0 aliphatic rings. The van der Waals surface area contributed by atoms with Gasteiger partial charge in [0.25, 0.3) is 5.91 Å². The van der Waals surface area contributed by atoms with Gasteiger partial charge in [-0.25, -0.2) is 14.3 Å². The molecule has 3 rings (SSSR count). The van der Waals surface area contributed by atoms with Gasteiger partial charge in [0.15, 0.2) is 5.58 Å². The third kappa shape index (κ3) is 2.06. The normalized spacial score (nSPS) is 11.0. The Morgan fingerprint density at radius 3 is 2.81 bits per heavy atom. The molecular formula is C15H11ClN2O3. The van der Waals surface area contributed by atoms with Gasteiger partial charge in [0.1, 0.15) is 10.7 Å². The number of hydrogen-bond donors (Lipinski definition) is 0. The second-order valence-electron chi connectivity index (χ2n) is 4.70. The molecule has 0 spiro atoms. The molecule has 2 aromatic heterocycles. The van der Waals surface area contributed by atoms with E-state index in [1.807, 2.05) is 13.0 Å². The molecular weight excluding hydrogens is 292 g/mol. The highest BCUT2D eigenvalue weighted by atomic mass is 35.5. The topological polar surface area (TPSA) is 65.1 Å². The summed E-state index contributed by atoms with van der Waals surface area (Å²) in [6.45, 7) is 3.50. The van der Waals surface area contributed by atoms with Crippen LogP contribution in [0.2, 0.25) is 5.15 Å². The van der Waals surface area contributed by atoms with Crippen molar-refractivity contribution in [2.45, 2.75) is 13.8 Å². The van der Waals surface area contributed by atoms with Crippen LogP contribution in [-0.2, 0) is 0 Å². The van der Waals surface area contributed by atoms with Crippen LogP contribution in [0.4, 0.5) is 0 Å². The lowest BCUT2D eigenvalue weighted by atomic mass is 10.1. The van der Waals surface area contributed by atoms with Gasteiger partial charge in [0.05, 0.1) is 0 Å². The zero-order valence-corrected chi connectivity index (χ0v) is 12.1. The van der Waals surface area contributed by atoms with E-state index in [0.717, 1.165) is 10.1 Å². The first-order valence-corrected chi connectivity index (χ1v) is 6.65. The highest BCUT2D eigenvalue weighted by Gasteiger charge is 2.21. The molecule has 2 heterocycles. The van der Waals surface area contributed by atoms with E-state index < -0.39 is 11.7 Å². The SMILES string of the molecule is Cc1c(C(=O)n2c(=O)oc3cccc(C)c32)ccnc1Cl. The van der Waals surface area contributed by atoms with Crippen LogP contribution in [0.5, 0.6) is 0 Å². The van der Waals surface area contributed by atoms with Crippen molar-refractivity contribution in [2.24, 2.45) is 0 Å². The van der Waals surface area contributed by atoms with Crippen molar-refractivity contribution in [2.75, 3.05) is 0 Å². The molecule has 0 N–H and O–H groups in total. The Morgan fingerprint density at radius 2 is 2.05 bits per heavy atom. The summed E-state index contributed by atoms with van der Waals surface area (Å²) in [6, 6.07) is 6.77. The summed E-state index contributed by atoms with van der Waals surface area (Å²) in [4.78, 5) is 28.6. The maximum atomic E-state index is 12.7. The molecule has 0 amide bonds. The van der Waals surface area contributed by atoms with Crippen molar-refractivity contribution in [3.05, 3.63) is 62.9 Å². The van der Waals surface area contributed by atoms with Crippen molar-refractivity contribution >= 4 is 28.6 Å². The molecule has 0 aliphatic heterocycles. The number of halogens is 1. The van der Waals surface area contributed by atoms with E-state index >= 15 is 0 Å². The number of hydrogen-bond acceptors (Lipinski definition) is 4. The summed E-state index contributed by atoms with van der Waals surface area (Å²) in [7, 11) is 0. The Labute approximate surface area is 124 Å². The molecule has 0 saturated heterocycles. The van der Waals surface area contributed by atoms with Gasteiger partial charge < -0.3 is 4.42 Å². The van der Waals surface area contributed by atoms with Gasteiger partial charge in [-0.1, -0.05) is 23.7 Å². The maximum absolute atomic E-state index is 12.7. The molecule has 0 unspecified atom stereocenters. The van der Waals surface area contributed by atoms with E-state index in [-0.39, 0.29) is 5.15 Å². The van der Waals surface area contributed by atoms with E-state index in [0.29, 0.717) is 22.2 Å². The highest BCUT2D eigenvalue weighted by molar-refractivity contribution is 6.30. The number of oxazole rings is 1. The van der Waals surface area contributed by atoms with Crippen LogP contribution >= 0.6 is 11.6 Å². The van der Waals surface area contributed by atoms with Gasteiger partial charge in [0, 0.05) is 11.8 Å². The molecule has 1 aromatic carbocycles. The van der Waals surface area contributed by atoms with Crippen molar-refractivity contribution in [3.8, 4) is 0 Å². The fourth-order valence-corrected chi connectivity index (χ4v) is 2.44. The van der Waals surface area contributed by atoms with Gasteiger partial charge >= 0.3 is 5.76 Å². The molecule has 0 atom stereocenters. The monoisotopic (exact) mass is 302 g/mol. The zero-order chi connectivity index (χ0) is 15.1. The first-order chi connectivity index (χ1) is 10.0. The van der Waals surface area contributed by atoms with Crippen molar-refractivity contribution in [1.82, 2.24) is 9.55 Å². The Kier molecular flexibility index (Phi) is 3.14. The molecule has 0 saturated carbocycles. The second-order valence-corrected chi connectivity index (χ2v) is 5.06. The van der Waals surface area contributed by atoms with E-state index in [4.69, 9.17) is 16.0 Å². The van der Waals surface area contributed by atoms with Crippen LogP contribution in [0.25, 0.3) is 11.1 Å². The largest absolute Gasteiger partial charge is 0.427 e. The van der Waals surface area contributed by atoms with E-state index in [9.17, 15) is 9.59 Å². The summed E-state index contributed by atoms with van der Waals surface area (Å²) in [5, 5.41) is 0.235. The quantitative estimate of drug-likeness (QED) is 0.648. The fraction of sp³-hybridized carbons (Fsp3) is 0.133. The minimum Gasteiger partial charge on any atom is -0.407 e. The minimum absolute atomic E-state index is 0.235. The van der Waals surface area contributed by atoms with Gasteiger partial charge in [-0.05, 0) is 37.1 Å². The lowest BCUT2D eigenvalue weighted by Crippen LogP contribution is -2.24. The molecule has 3 aromatic rings. The lowest BCUT2D eigenvalue weighted by Gasteiger charge is -2.06. The molecule has 106 valence electrons. The molecule has 6 heteroatoms. The van der Waals surface area contributed by atoms with Crippen LogP contribution in [0.1, 0.15) is 21.5 Å². The number of rotatable bonds is 1. The Bertz CT molecular complexity index is 924. The molecule has 0 radical (unpaired) electrons. The summed E-state index contributed by atoms with van der Waals surface area (Å²) < 4.78 is 6.16. The lowest BCUT2D eigenvalue weighted by molar-refractivity contribution is 0.0955. The van der Waals surface area contributed by atoms with Crippen LogP contribution in [-0.4, -0.2) is 15.5 Å². The predicted molar refractivity (Wildman–Crippen MR) is 78.9 cm³/mol. The Morgan fingerprint density at radius 1 is 1.29 bits per heavy atom. The van der Waals surface area contributed by atoms with E-state index in [1.165, 1.54) is 12.3 Å². The van der Waals surface area contributed by atoms with Crippen LogP contribution in [0, 0.1) is 13.8 Å². The number of para-hydroxylation sites is 1. The molecule has 0 aliphatic carbocycles. The van der Waals surface area contributed by atoms with Gasteiger partial charge in [-0.3, -0.25) is 4.79 Å². The number of nitrogens with zero attached hydrogens (tertiary/aromatic N) is 2. The van der Waals surface area contributed by atoms with Crippen LogP contribution in [0.3, 0.4) is 0 Å². The third-order valence-electron chi connectivity index (χ3n) is 3.38. The fourth-order valence-electron chi connectivity index (χ4n) is 2.28.